The summed E-state index contributed by atoms with van der Waals surface area (Å²) in [5.41, 5.74) is 2.69. The first-order chi connectivity index (χ1) is 9.74. The van der Waals surface area contributed by atoms with Gasteiger partial charge in [-0.1, -0.05) is 18.2 Å². The van der Waals surface area contributed by atoms with Crippen molar-refractivity contribution in [2.45, 2.75) is 26.9 Å². The van der Waals surface area contributed by atoms with Crippen LogP contribution >= 0.6 is 11.3 Å². The molecule has 20 heavy (non-hydrogen) atoms. The molecule has 1 aromatic carbocycles. The monoisotopic (exact) mass is 284 g/mol. The van der Waals surface area contributed by atoms with Crippen LogP contribution in [0.3, 0.4) is 0 Å². The third-order valence-electron chi connectivity index (χ3n) is 3.61. The maximum Gasteiger partial charge on any atom is 0.0483 e. The Kier molecular flexibility index (Phi) is 3.90. The Morgan fingerprint density at radius 3 is 2.75 bits per heavy atom. The highest BCUT2D eigenvalue weighted by molar-refractivity contribution is 7.11. The van der Waals surface area contributed by atoms with Crippen LogP contribution in [0.25, 0.3) is 10.9 Å². The molecular weight excluding hydrogens is 264 g/mol. The molecule has 0 saturated heterocycles. The third kappa shape index (κ3) is 2.79. The molecule has 0 radical (unpaired) electrons. The van der Waals surface area contributed by atoms with Crippen LogP contribution < -0.4 is 5.32 Å². The largest absolute Gasteiger partial charge is 0.346 e. The van der Waals surface area contributed by atoms with Crippen LogP contribution in [-0.2, 0) is 13.1 Å². The van der Waals surface area contributed by atoms with E-state index in [-0.39, 0.29) is 0 Å². The first-order valence-electron chi connectivity index (χ1n) is 7.04. The Labute approximate surface area is 124 Å². The summed E-state index contributed by atoms with van der Waals surface area (Å²) in [4.78, 5) is 2.80. The number of nitrogens with zero attached hydrogens (tertiary/aromatic N) is 1. The molecule has 0 aliphatic carbocycles. The van der Waals surface area contributed by atoms with Gasteiger partial charge in [-0.2, -0.15) is 0 Å². The molecule has 0 aliphatic heterocycles. The average molecular weight is 284 g/mol. The number of rotatable bonds is 5. The predicted molar refractivity (Wildman–Crippen MR) is 87.4 cm³/mol. The summed E-state index contributed by atoms with van der Waals surface area (Å²) in [6.07, 6.45) is 2.25. The molecule has 1 N–H and O–H groups in total. The average Bonchev–Trinajstić information content (AvgIpc) is 3.00. The maximum atomic E-state index is 3.53. The van der Waals surface area contributed by atoms with Crippen molar-refractivity contribution in [1.82, 2.24) is 9.88 Å². The molecule has 0 spiro atoms. The molecule has 0 bridgehead atoms. The SMILES string of the molecule is Cc1ccc(CNCCn2cc(C)c3ccccc32)s1. The second kappa shape index (κ2) is 5.81. The lowest BCUT2D eigenvalue weighted by molar-refractivity contribution is 0.612. The number of hydrogen-bond donors (Lipinski definition) is 1. The summed E-state index contributed by atoms with van der Waals surface area (Å²) in [6.45, 7) is 7.31. The molecular formula is C17H20N2S. The summed E-state index contributed by atoms with van der Waals surface area (Å²) in [7, 11) is 0. The Bertz CT molecular complexity index is 709. The fourth-order valence-electron chi connectivity index (χ4n) is 2.61. The van der Waals surface area contributed by atoms with Gasteiger partial charge in [-0.3, -0.25) is 0 Å². The molecule has 3 aromatic rings. The molecule has 0 amide bonds. The van der Waals surface area contributed by atoms with Gasteiger partial charge in [0.05, 0.1) is 0 Å². The quantitative estimate of drug-likeness (QED) is 0.698. The van der Waals surface area contributed by atoms with Crippen molar-refractivity contribution >= 4 is 22.2 Å². The number of aryl methyl sites for hydroxylation is 2. The van der Waals surface area contributed by atoms with Crippen LogP contribution in [0.4, 0.5) is 0 Å². The van der Waals surface area contributed by atoms with E-state index < -0.39 is 0 Å². The molecule has 2 aromatic heterocycles. The van der Waals surface area contributed by atoms with E-state index in [1.54, 1.807) is 0 Å². The van der Waals surface area contributed by atoms with Gasteiger partial charge in [-0.15, -0.1) is 11.3 Å². The van der Waals surface area contributed by atoms with E-state index in [4.69, 9.17) is 0 Å². The smallest absolute Gasteiger partial charge is 0.0483 e. The van der Waals surface area contributed by atoms with E-state index in [0.29, 0.717) is 0 Å². The lowest BCUT2D eigenvalue weighted by atomic mass is 10.2. The van der Waals surface area contributed by atoms with Crippen molar-refractivity contribution in [3.63, 3.8) is 0 Å². The van der Waals surface area contributed by atoms with E-state index >= 15 is 0 Å². The number of fused-ring (bicyclic) bond motifs is 1. The molecule has 2 nitrogen and oxygen atoms in total. The minimum absolute atomic E-state index is 0.969. The predicted octanol–water partition coefficient (Wildman–Crippen LogP) is 4.11. The summed E-state index contributed by atoms with van der Waals surface area (Å²) >= 11 is 1.87. The number of hydrogen-bond acceptors (Lipinski definition) is 2. The highest BCUT2D eigenvalue weighted by Crippen LogP contribution is 2.20. The molecule has 3 rings (SSSR count). The zero-order chi connectivity index (χ0) is 13.9. The molecule has 0 unspecified atom stereocenters. The second-order valence-corrected chi connectivity index (χ2v) is 6.58. The summed E-state index contributed by atoms with van der Waals surface area (Å²) < 4.78 is 2.34. The van der Waals surface area contributed by atoms with Gasteiger partial charge in [-0.25, -0.2) is 0 Å². The summed E-state index contributed by atoms with van der Waals surface area (Å²) in [5, 5.41) is 4.89. The number of aromatic nitrogens is 1. The van der Waals surface area contributed by atoms with Gasteiger partial charge >= 0.3 is 0 Å². The van der Waals surface area contributed by atoms with Crippen LogP contribution in [0.5, 0.6) is 0 Å². The normalized spacial score (nSPS) is 11.3. The number of para-hydroxylation sites is 1. The molecule has 0 atom stereocenters. The van der Waals surface area contributed by atoms with E-state index in [1.807, 2.05) is 11.3 Å². The summed E-state index contributed by atoms with van der Waals surface area (Å²) in [6, 6.07) is 13.0. The Balaban J connectivity index is 1.60. The Morgan fingerprint density at radius 2 is 1.95 bits per heavy atom. The van der Waals surface area contributed by atoms with Crippen molar-refractivity contribution in [3.8, 4) is 0 Å². The van der Waals surface area contributed by atoms with Gasteiger partial charge in [0.2, 0.25) is 0 Å². The highest BCUT2D eigenvalue weighted by atomic mass is 32.1. The van der Waals surface area contributed by atoms with Crippen molar-refractivity contribution in [2.24, 2.45) is 0 Å². The zero-order valence-corrected chi connectivity index (χ0v) is 12.8. The molecule has 0 saturated carbocycles. The molecule has 2 heterocycles. The van der Waals surface area contributed by atoms with Crippen molar-refractivity contribution in [1.29, 1.82) is 0 Å². The highest BCUT2D eigenvalue weighted by Gasteiger charge is 2.04. The van der Waals surface area contributed by atoms with Gasteiger partial charge in [0.15, 0.2) is 0 Å². The van der Waals surface area contributed by atoms with Gasteiger partial charge in [0, 0.05) is 46.5 Å². The number of benzene rings is 1. The Hall–Kier alpha value is -1.58. The third-order valence-corrected chi connectivity index (χ3v) is 4.61. The molecule has 0 aliphatic rings. The number of nitrogens with one attached hydrogen (secondary N) is 1. The minimum atomic E-state index is 0.969. The topological polar surface area (TPSA) is 17.0 Å². The van der Waals surface area contributed by atoms with Crippen LogP contribution in [0.1, 0.15) is 15.3 Å². The maximum absolute atomic E-state index is 3.53. The van der Waals surface area contributed by atoms with Crippen molar-refractivity contribution in [2.75, 3.05) is 6.54 Å². The second-order valence-electron chi connectivity index (χ2n) is 5.21. The van der Waals surface area contributed by atoms with Gasteiger partial charge in [0.25, 0.3) is 0 Å². The fraction of sp³-hybridized carbons (Fsp3) is 0.294. The van der Waals surface area contributed by atoms with Crippen LogP contribution in [0, 0.1) is 13.8 Å². The molecule has 104 valence electrons. The lowest BCUT2D eigenvalue weighted by Gasteiger charge is -2.06. The van der Waals surface area contributed by atoms with Crippen LogP contribution in [0.15, 0.2) is 42.6 Å². The van der Waals surface area contributed by atoms with E-state index in [1.165, 1.54) is 26.2 Å². The van der Waals surface area contributed by atoms with Crippen molar-refractivity contribution < 1.29 is 0 Å². The van der Waals surface area contributed by atoms with Crippen LogP contribution in [0.2, 0.25) is 0 Å². The fourth-order valence-corrected chi connectivity index (χ4v) is 3.47. The number of thiophene rings is 1. The Morgan fingerprint density at radius 1 is 1.10 bits per heavy atom. The molecule has 3 heteroatoms. The first kappa shape index (κ1) is 13.4. The standard InChI is InChI=1S/C17H20N2S/c1-13-12-19(17-6-4-3-5-16(13)17)10-9-18-11-15-8-7-14(2)20-15/h3-8,12,18H,9-11H2,1-2H3. The van der Waals surface area contributed by atoms with E-state index in [9.17, 15) is 0 Å². The van der Waals surface area contributed by atoms with Crippen molar-refractivity contribution in [3.05, 3.63) is 57.9 Å². The van der Waals surface area contributed by atoms with Crippen LogP contribution in [-0.4, -0.2) is 11.1 Å². The van der Waals surface area contributed by atoms with Gasteiger partial charge < -0.3 is 9.88 Å². The lowest BCUT2D eigenvalue weighted by Crippen LogP contribution is -2.18. The first-order valence-corrected chi connectivity index (χ1v) is 7.86. The zero-order valence-electron chi connectivity index (χ0n) is 12.0. The van der Waals surface area contributed by atoms with E-state index in [2.05, 4.69) is 66.3 Å². The van der Waals surface area contributed by atoms with Gasteiger partial charge in [-0.05, 0) is 37.6 Å². The van der Waals surface area contributed by atoms with Gasteiger partial charge in [0.1, 0.15) is 0 Å². The van der Waals surface area contributed by atoms with E-state index in [0.717, 1.165) is 19.6 Å². The minimum Gasteiger partial charge on any atom is -0.346 e. The summed E-state index contributed by atoms with van der Waals surface area (Å²) in [5.74, 6) is 0. The molecule has 0 fully saturated rings.